The molecule has 1 saturated heterocycles. The molecule has 4 aliphatic carbocycles. The Morgan fingerprint density at radius 2 is 1.69 bits per heavy atom. The van der Waals surface area contributed by atoms with Gasteiger partial charge in [-0.25, -0.2) is 9.18 Å². The molecule has 36 heavy (non-hydrogen) atoms. The van der Waals surface area contributed by atoms with Crippen LogP contribution in [-0.4, -0.2) is 61.6 Å². The standard InChI is InChI=1S/C28H42FN5O2/c1-3-33-8-10-34(11-9-33)25-5-4-23(29)15-24(25)19(2)31-26(35)6-7-30-27(36)32-28-16-20-12-21(17-28)14-22(13-20)18-28/h4-5,15,19-22H,3,6-14,16-18H2,1-2H3,(H,31,35)(H2,30,32,36). The van der Waals surface area contributed by atoms with Crippen LogP contribution in [0.1, 0.15) is 70.4 Å². The largest absolute Gasteiger partial charge is 0.369 e. The van der Waals surface area contributed by atoms with Gasteiger partial charge in [-0.2, -0.15) is 0 Å². The number of carbonyl (C=O) groups excluding carboxylic acids is 2. The summed E-state index contributed by atoms with van der Waals surface area (Å²) in [7, 11) is 0. The molecule has 5 aliphatic rings. The van der Waals surface area contributed by atoms with E-state index in [0.29, 0.717) is 0 Å². The Kier molecular flexibility index (Phi) is 7.42. The van der Waals surface area contributed by atoms with Crippen molar-refractivity contribution < 1.29 is 14.0 Å². The van der Waals surface area contributed by atoms with Gasteiger partial charge in [0.1, 0.15) is 5.82 Å². The smallest absolute Gasteiger partial charge is 0.315 e. The zero-order chi connectivity index (χ0) is 25.3. The minimum atomic E-state index is -0.326. The number of nitrogens with one attached hydrogen (secondary N) is 3. The van der Waals surface area contributed by atoms with Gasteiger partial charge in [-0.3, -0.25) is 4.79 Å². The molecule has 1 atom stereocenters. The number of carbonyl (C=O) groups is 2. The molecule has 3 N–H and O–H groups in total. The van der Waals surface area contributed by atoms with Crippen molar-refractivity contribution in [3.8, 4) is 0 Å². The fraction of sp³-hybridized carbons (Fsp3) is 0.714. The van der Waals surface area contributed by atoms with Crippen LogP contribution >= 0.6 is 0 Å². The number of benzene rings is 1. The monoisotopic (exact) mass is 499 g/mol. The van der Waals surface area contributed by atoms with Gasteiger partial charge in [0.2, 0.25) is 5.91 Å². The van der Waals surface area contributed by atoms with Crippen molar-refractivity contribution in [1.29, 1.82) is 0 Å². The second kappa shape index (κ2) is 10.6. The minimum Gasteiger partial charge on any atom is -0.369 e. The van der Waals surface area contributed by atoms with Crippen molar-refractivity contribution in [1.82, 2.24) is 20.9 Å². The first-order chi connectivity index (χ1) is 17.3. The predicted octanol–water partition coefficient (Wildman–Crippen LogP) is 3.80. The number of urea groups is 1. The van der Waals surface area contributed by atoms with E-state index < -0.39 is 0 Å². The summed E-state index contributed by atoms with van der Waals surface area (Å²) < 4.78 is 14.1. The highest BCUT2D eigenvalue weighted by Crippen LogP contribution is 2.55. The highest BCUT2D eigenvalue weighted by Gasteiger charge is 2.51. The summed E-state index contributed by atoms with van der Waals surface area (Å²) in [5.41, 5.74) is 1.74. The van der Waals surface area contributed by atoms with Crippen LogP contribution in [0.2, 0.25) is 0 Å². The average Bonchev–Trinajstić information content (AvgIpc) is 2.83. The molecule has 5 fully saturated rings. The SMILES string of the molecule is CCN1CCN(c2ccc(F)cc2C(C)NC(=O)CCNC(=O)NC23CC4CC(CC(C4)C2)C3)CC1. The molecule has 1 aliphatic heterocycles. The summed E-state index contributed by atoms with van der Waals surface area (Å²) in [6.45, 7) is 9.10. The van der Waals surface area contributed by atoms with Gasteiger partial charge >= 0.3 is 6.03 Å². The van der Waals surface area contributed by atoms with Gasteiger partial charge in [0.05, 0.1) is 6.04 Å². The summed E-state index contributed by atoms with van der Waals surface area (Å²) in [6.07, 6.45) is 7.52. The molecule has 0 spiro atoms. The number of amides is 3. The van der Waals surface area contributed by atoms with Gasteiger partial charge in [-0.15, -0.1) is 0 Å². The van der Waals surface area contributed by atoms with E-state index in [0.717, 1.165) is 81.0 Å². The van der Waals surface area contributed by atoms with Gasteiger partial charge < -0.3 is 25.8 Å². The van der Waals surface area contributed by atoms with Crippen LogP contribution in [0.3, 0.4) is 0 Å². The normalized spacial score (nSPS) is 30.2. The molecular weight excluding hydrogens is 457 g/mol. The van der Waals surface area contributed by atoms with Gasteiger partial charge in [-0.1, -0.05) is 6.92 Å². The zero-order valence-corrected chi connectivity index (χ0v) is 21.8. The molecule has 1 heterocycles. The lowest BCUT2D eigenvalue weighted by Gasteiger charge is -2.56. The number of rotatable bonds is 8. The van der Waals surface area contributed by atoms with Gasteiger partial charge in [-0.05, 0) is 87.9 Å². The van der Waals surface area contributed by atoms with E-state index >= 15 is 0 Å². The number of nitrogens with zero attached hydrogens (tertiary/aromatic N) is 2. The Balaban J connectivity index is 1.10. The molecule has 3 amide bonds. The van der Waals surface area contributed by atoms with E-state index in [1.54, 1.807) is 0 Å². The van der Waals surface area contributed by atoms with Crippen LogP contribution in [-0.2, 0) is 4.79 Å². The number of anilines is 1. The zero-order valence-electron chi connectivity index (χ0n) is 21.8. The fourth-order valence-corrected chi connectivity index (χ4v) is 7.69. The summed E-state index contributed by atoms with van der Waals surface area (Å²) in [5, 5.41) is 9.20. The first kappa shape index (κ1) is 25.3. The first-order valence-electron chi connectivity index (χ1n) is 13.9. The highest BCUT2D eigenvalue weighted by molar-refractivity contribution is 5.79. The van der Waals surface area contributed by atoms with Crippen LogP contribution in [0, 0.1) is 23.6 Å². The molecule has 4 bridgehead atoms. The Morgan fingerprint density at radius 3 is 2.31 bits per heavy atom. The number of piperazine rings is 1. The summed E-state index contributed by atoms with van der Waals surface area (Å²) >= 11 is 0. The van der Waals surface area contributed by atoms with Crippen LogP contribution in [0.15, 0.2) is 18.2 Å². The molecular formula is C28H42FN5O2. The van der Waals surface area contributed by atoms with Gasteiger partial charge in [0.25, 0.3) is 0 Å². The van der Waals surface area contributed by atoms with Crippen molar-refractivity contribution in [2.45, 2.75) is 70.4 Å². The fourth-order valence-electron chi connectivity index (χ4n) is 7.69. The molecule has 198 valence electrons. The number of hydrogen-bond acceptors (Lipinski definition) is 4. The van der Waals surface area contributed by atoms with Crippen molar-refractivity contribution in [2.75, 3.05) is 44.2 Å². The Hall–Kier alpha value is -2.35. The minimum absolute atomic E-state index is 0.0357. The quantitative estimate of drug-likeness (QED) is 0.509. The second-order valence-electron chi connectivity index (χ2n) is 11.7. The lowest BCUT2D eigenvalue weighted by atomic mass is 9.53. The molecule has 1 unspecified atom stereocenters. The van der Waals surface area contributed by atoms with Crippen molar-refractivity contribution in [3.63, 3.8) is 0 Å². The molecule has 1 aromatic rings. The second-order valence-corrected chi connectivity index (χ2v) is 11.7. The Morgan fingerprint density at radius 1 is 1.06 bits per heavy atom. The third kappa shape index (κ3) is 5.63. The maximum atomic E-state index is 14.1. The molecule has 6 rings (SSSR count). The molecule has 0 aromatic heterocycles. The Labute approximate surface area is 214 Å². The lowest BCUT2D eigenvalue weighted by Crippen LogP contribution is -2.61. The Bertz CT molecular complexity index is 926. The molecule has 1 aromatic carbocycles. The summed E-state index contributed by atoms with van der Waals surface area (Å²) in [5.74, 6) is 1.86. The van der Waals surface area contributed by atoms with E-state index in [-0.39, 0.29) is 42.3 Å². The van der Waals surface area contributed by atoms with Crippen LogP contribution in [0.4, 0.5) is 14.9 Å². The first-order valence-corrected chi connectivity index (χ1v) is 13.9. The van der Waals surface area contributed by atoms with Gasteiger partial charge in [0, 0.05) is 55.9 Å². The van der Waals surface area contributed by atoms with Crippen LogP contribution < -0.4 is 20.9 Å². The van der Waals surface area contributed by atoms with Crippen LogP contribution in [0.5, 0.6) is 0 Å². The molecule has 7 nitrogen and oxygen atoms in total. The van der Waals surface area contributed by atoms with Crippen molar-refractivity contribution in [3.05, 3.63) is 29.6 Å². The topological polar surface area (TPSA) is 76.7 Å². The van der Waals surface area contributed by atoms with E-state index in [2.05, 4.69) is 32.7 Å². The third-order valence-corrected chi connectivity index (χ3v) is 9.05. The molecule has 0 radical (unpaired) electrons. The van der Waals surface area contributed by atoms with Crippen molar-refractivity contribution >= 4 is 17.6 Å². The average molecular weight is 500 g/mol. The predicted molar refractivity (Wildman–Crippen MR) is 139 cm³/mol. The van der Waals surface area contributed by atoms with Crippen molar-refractivity contribution in [2.24, 2.45) is 17.8 Å². The van der Waals surface area contributed by atoms with E-state index in [1.807, 2.05) is 13.0 Å². The number of likely N-dealkylation sites (N-methyl/N-ethyl adjacent to an activating group) is 1. The van der Waals surface area contributed by atoms with E-state index in [4.69, 9.17) is 0 Å². The summed E-state index contributed by atoms with van der Waals surface area (Å²) in [6, 6.07) is 4.37. The summed E-state index contributed by atoms with van der Waals surface area (Å²) in [4.78, 5) is 30.0. The molecule has 8 heteroatoms. The van der Waals surface area contributed by atoms with Crippen LogP contribution in [0.25, 0.3) is 0 Å². The maximum absolute atomic E-state index is 14.1. The number of halogens is 1. The third-order valence-electron chi connectivity index (χ3n) is 9.05. The van der Waals surface area contributed by atoms with E-state index in [1.165, 1.54) is 31.4 Å². The lowest BCUT2D eigenvalue weighted by molar-refractivity contribution is -0.121. The number of hydrogen-bond donors (Lipinski definition) is 3. The van der Waals surface area contributed by atoms with E-state index in [9.17, 15) is 14.0 Å². The highest BCUT2D eigenvalue weighted by atomic mass is 19.1. The molecule has 4 saturated carbocycles. The maximum Gasteiger partial charge on any atom is 0.315 e. The van der Waals surface area contributed by atoms with Gasteiger partial charge in [0.15, 0.2) is 0 Å².